The van der Waals surface area contributed by atoms with Crippen LogP contribution in [0.3, 0.4) is 0 Å². The van der Waals surface area contributed by atoms with E-state index in [1.165, 1.54) is 11.6 Å². The van der Waals surface area contributed by atoms with Crippen LogP contribution in [0.15, 0.2) is 15.9 Å². The molecule has 0 aromatic rings. The van der Waals surface area contributed by atoms with Crippen LogP contribution in [0.4, 0.5) is 0 Å². The summed E-state index contributed by atoms with van der Waals surface area (Å²) in [6.07, 6.45) is 3.00. The van der Waals surface area contributed by atoms with E-state index in [0.717, 1.165) is 0 Å². The standard InChI is InChI=1S/C5H3NO4S/c7-4-5(8)10-11(9-4)3-1-2-6-11/h1-3H. The van der Waals surface area contributed by atoms with E-state index in [2.05, 4.69) is 12.8 Å². The van der Waals surface area contributed by atoms with Crippen LogP contribution in [-0.2, 0) is 18.0 Å². The maximum absolute atomic E-state index is 10.6. The van der Waals surface area contributed by atoms with Crippen LogP contribution in [0.2, 0.25) is 0 Å². The van der Waals surface area contributed by atoms with Gasteiger partial charge in [0.25, 0.3) is 0 Å². The Kier molecular flexibility index (Phi) is 1.08. The van der Waals surface area contributed by atoms with Gasteiger partial charge in [0.1, 0.15) is 0 Å². The van der Waals surface area contributed by atoms with Crippen molar-refractivity contribution in [3.63, 3.8) is 0 Å². The number of hydrogen-bond acceptors (Lipinski definition) is 5. The van der Waals surface area contributed by atoms with Gasteiger partial charge in [-0.25, -0.2) is 9.59 Å². The van der Waals surface area contributed by atoms with Crippen molar-refractivity contribution in [2.45, 2.75) is 0 Å². The molecule has 58 valence electrons. The fourth-order valence-corrected chi connectivity index (χ4v) is 2.07. The summed E-state index contributed by atoms with van der Waals surface area (Å²) in [4.78, 5) is 21.1. The van der Waals surface area contributed by atoms with Crippen molar-refractivity contribution >= 4 is 28.9 Å². The molecule has 2 heterocycles. The first-order chi connectivity index (χ1) is 5.22. The molecule has 0 aromatic carbocycles. The summed E-state index contributed by atoms with van der Waals surface area (Å²) in [5.41, 5.74) is 0. The minimum absolute atomic E-state index is 0.969. The second-order valence-electron chi connectivity index (χ2n) is 1.84. The van der Waals surface area contributed by atoms with Crippen LogP contribution in [0.25, 0.3) is 0 Å². The van der Waals surface area contributed by atoms with Gasteiger partial charge in [-0.2, -0.15) is 0 Å². The normalized spacial score (nSPS) is 27.3. The zero-order chi connectivity index (χ0) is 7.90. The van der Waals surface area contributed by atoms with Crippen LogP contribution in [0.5, 0.6) is 0 Å². The quantitative estimate of drug-likeness (QED) is 0.492. The Hall–Kier alpha value is -1.30. The number of carbonyl (C=O) groups excluding carboxylic acids is 2. The van der Waals surface area contributed by atoms with Crippen molar-refractivity contribution < 1.29 is 18.0 Å². The number of nitrogens with zero attached hydrogens (tertiary/aromatic N) is 1. The topological polar surface area (TPSA) is 65.0 Å². The predicted molar refractivity (Wildman–Crippen MR) is 37.4 cm³/mol. The van der Waals surface area contributed by atoms with E-state index in [0.29, 0.717) is 0 Å². The van der Waals surface area contributed by atoms with E-state index in [1.807, 2.05) is 0 Å². The summed E-state index contributed by atoms with van der Waals surface area (Å²) in [6.45, 7) is 0. The second-order valence-corrected chi connectivity index (χ2v) is 3.69. The molecule has 1 saturated heterocycles. The highest BCUT2D eigenvalue weighted by molar-refractivity contribution is 8.28. The van der Waals surface area contributed by atoms with E-state index >= 15 is 0 Å². The second kappa shape index (κ2) is 1.85. The van der Waals surface area contributed by atoms with Gasteiger partial charge in [0.2, 0.25) is 0 Å². The lowest BCUT2D eigenvalue weighted by atomic mass is 10.7. The van der Waals surface area contributed by atoms with Crippen molar-refractivity contribution in [3.05, 3.63) is 11.5 Å². The first-order valence-electron chi connectivity index (χ1n) is 2.74. The Labute approximate surface area is 63.6 Å². The van der Waals surface area contributed by atoms with Gasteiger partial charge in [0.15, 0.2) is 0 Å². The van der Waals surface area contributed by atoms with Crippen molar-refractivity contribution in [2.24, 2.45) is 4.40 Å². The predicted octanol–water partition coefficient (Wildman–Crippen LogP) is 0.234. The molecule has 0 amide bonds. The molecule has 2 aliphatic rings. The van der Waals surface area contributed by atoms with Crippen molar-refractivity contribution in [3.8, 4) is 0 Å². The molecule has 0 atom stereocenters. The zero-order valence-corrected chi connectivity index (χ0v) is 6.04. The monoisotopic (exact) mass is 173 g/mol. The molecule has 6 heteroatoms. The Morgan fingerprint density at radius 1 is 1.27 bits per heavy atom. The van der Waals surface area contributed by atoms with Gasteiger partial charge in [-0.3, -0.25) is 0 Å². The number of carbonyl (C=O) groups is 2. The van der Waals surface area contributed by atoms with Crippen LogP contribution in [0, 0.1) is 0 Å². The van der Waals surface area contributed by atoms with Gasteiger partial charge in [-0.05, 0) is 6.08 Å². The van der Waals surface area contributed by atoms with Gasteiger partial charge in [-0.1, -0.05) is 0 Å². The Morgan fingerprint density at radius 3 is 2.36 bits per heavy atom. The molecular formula is C5H3NO4S. The van der Waals surface area contributed by atoms with E-state index in [1.54, 1.807) is 6.08 Å². The summed E-state index contributed by atoms with van der Waals surface area (Å²) in [6, 6.07) is 0. The Morgan fingerprint density at radius 2 is 1.91 bits per heavy atom. The molecule has 0 saturated carbocycles. The van der Waals surface area contributed by atoms with Crippen molar-refractivity contribution in [2.75, 3.05) is 0 Å². The minimum atomic E-state index is -2.33. The molecule has 0 unspecified atom stereocenters. The van der Waals surface area contributed by atoms with Gasteiger partial charge < -0.3 is 8.37 Å². The molecule has 5 nitrogen and oxygen atoms in total. The molecule has 0 aromatic heterocycles. The highest BCUT2D eigenvalue weighted by Gasteiger charge is 2.41. The molecule has 0 bridgehead atoms. The Balaban J connectivity index is 2.33. The third kappa shape index (κ3) is 0.829. The van der Waals surface area contributed by atoms with Gasteiger partial charge in [0.05, 0.1) is 11.6 Å². The van der Waals surface area contributed by atoms with Crippen LogP contribution < -0.4 is 0 Å². The number of rotatable bonds is 0. The number of allylic oxidation sites excluding steroid dienone is 1. The van der Waals surface area contributed by atoms with Crippen LogP contribution in [-0.4, -0.2) is 18.2 Å². The van der Waals surface area contributed by atoms with E-state index in [4.69, 9.17) is 0 Å². The first-order valence-corrected chi connectivity index (χ1v) is 4.25. The molecule has 1 fully saturated rings. The molecule has 0 aliphatic carbocycles. The molecular weight excluding hydrogens is 170 g/mol. The zero-order valence-electron chi connectivity index (χ0n) is 5.22. The minimum Gasteiger partial charge on any atom is -0.310 e. The molecule has 2 rings (SSSR count). The molecule has 11 heavy (non-hydrogen) atoms. The van der Waals surface area contributed by atoms with Gasteiger partial charge in [-0.15, -0.1) is 4.40 Å². The SMILES string of the molecule is O=C1OS2(C=CC=N2)OC1=O. The van der Waals surface area contributed by atoms with Gasteiger partial charge in [0, 0.05) is 10.8 Å². The highest BCUT2D eigenvalue weighted by atomic mass is 32.3. The van der Waals surface area contributed by atoms with Gasteiger partial charge >= 0.3 is 11.9 Å². The highest BCUT2D eigenvalue weighted by Crippen LogP contribution is 2.58. The van der Waals surface area contributed by atoms with E-state index in [9.17, 15) is 9.59 Å². The van der Waals surface area contributed by atoms with Crippen molar-refractivity contribution in [1.82, 2.24) is 0 Å². The lowest BCUT2D eigenvalue weighted by Crippen LogP contribution is -2.05. The smallest absolute Gasteiger partial charge is 0.310 e. The maximum Gasteiger partial charge on any atom is 0.443 e. The first kappa shape index (κ1) is 6.41. The van der Waals surface area contributed by atoms with E-state index in [-0.39, 0.29) is 0 Å². The third-order valence-corrected chi connectivity index (χ3v) is 2.80. The Bertz CT molecular complexity index is 265. The fourth-order valence-electron chi connectivity index (χ4n) is 0.690. The summed E-state index contributed by atoms with van der Waals surface area (Å²) >= 11 is 0. The number of hydrogen-bond donors (Lipinski definition) is 0. The summed E-state index contributed by atoms with van der Waals surface area (Å²) in [5, 5.41) is 1.47. The summed E-state index contributed by atoms with van der Waals surface area (Å²) < 4.78 is 12.9. The largest absolute Gasteiger partial charge is 0.443 e. The van der Waals surface area contributed by atoms with Crippen LogP contribution >= 0.6 is 10.8 Å². The maximum atomic E-state index is 10.6. The average Bonchev–Trinajstić information content (AvgIpc) is 2.46. The molecule has 0 radical (unpaired) electrons. The fraction of sp³-hybridized carbons (Fsp3) is 0. The van der Waals surface area contributed by atoms with E-state index < -0.39 is 22.7 Å². The lowest BCUT2D eigenvalue weighted by molar-refractivity contribution is -0.150. The molecule has 1 spiro atoms. The van der Waals surface area contributed by atoms with Crippen molar-refractivity contribution in [1.29, 1.82) is 0 Å². The molecule has 0 N–H and O–H groups in total. The van der Waals surface area contributed by atoms with Crippen LogP contribution in [0.1, 0.15) is 0 Å². The lowest BCUT2D eigenvalue weighted by Gasteiger charge is -2.21. The summed E-state index contributed by atoms with van der Waals surface area (Å²) in [7, 11) is -2.33. The summed E-state index contributed by atoms with van der Waals surface area (Å²) in [5.74, 6) is -1.94. The third-order valence-electron chi connectivity index (χ3n) is 1.10. The molecule has 2 aliphatic heterocycles. The average molecular weight is 173 g/mol.